The highest BCUT2D eigenvalue weighted by Gasteiger charge is 2.25. The standard InChI is InChI=1S/C18H21N5OS/c1-12-9-16(21-17-3-6-19-23(12)17)14-4-7-22(8-5-14)18(24)10-15-11-25-13(2)20-15/h3,6,9,11,14H,4-5,7-8,10H2,1-2H3. The third-order valence-electron chi connectivity index (χ3n) is 4.82. The van der Waals surface area contributed by atoms with E-state index in [1.807, 2.05) is 27.8 Å². The van der Waals surface area contributed by atoms with Gasteiger partial charge in [-0.25, -0.2) is 14.5 Å². The number of hydrogen-bond acceptors (Lipinski definition) is 5. The molecule has 6 nitrogen and oxygen atoms in total. The average molecular weight is 355 g/mol. The molecule has 1 fully saturated rings. The van der Waals surface area contributed by atoms with Crippen molar-refractivity contribution in [2.24, 2.45) is 0 Å². The van der Waals surface area contributed by atoms with Crippen LogP contribution in [0.5, 0.6) is 0 Å². The van der Waals surface area contributed by atoms with E-state index in [0.717, 1.165) is 53.7 Å². The van der Waals surface area contributed by atoms with Gasteiger partial charge in [-0.3, -0.25) is 4.79 Å². The minimum Gasteiger partial charge on any atom is -0.342 e. The highest BCUT2D eigenvalue weighted by molar-refractivity contribution is 7.09. The zero-order valence-corrected chi connectivity index (χ0v) is 15.3. The largest absolute Gasteiger partial charge is 0.342 e. The highest BCUT2D eigenvalue weighted by Crippen LogP contribution is 2.28. The predicted octanol–water partition coefficient (Wildman–Crippen LogP) is 2.75. The Kier molecular flexibility index (Phi) is 4.25. The van der Waals surface area contributed by atoms with E-state index in [1.165, 1.54) is 0 Å². The van der Waals surface area contributed by atoms with Crippen LogP contribution in [0.4, 0.5) is 0 Å². The smallest absolute Gasteiger partial charge is 0.228 e. The molecular formula is C18H21N5OS. The number of thiazole rings is 1. The van der Waals surface area contributed by atoms with Crippen molar-refractivity contribution in [3.8, 4) is 0 Å². The predicted molar refractivity (Wildman–Crippen MR) is 96.8 cm³/mol. The summed E-state index contributed by atoms with van der Waals surface area (Å²) in [5.41, 5.74) is 4.00. The summed E-state index contributed by atoms with van der Waals surface area (Å²) < 4.78 is 1.86. The van der Waals surface area contributed by atoms with Crippen molar-refractivity contribution in [2.45, 2.75) is 39.0 Å². The number of carbonyl (C=O) groups excluding carboxylic acids is 1. The molecule has 4 heterocycles. The SMILES string of the molecule is Cc1nc(CC(=O)N2CCC(c3cc(C)n4nccc4n3)CC2)cs1. The number of aryl methyl sites for hydroxylation is 2. The summed E-state index contributed by atoms with van der Waals surface area (Å²) >= 11 is 1.60. The molecule has 1 aliphatic heterocycles. The van der Waals surface area contributed by atoms with Crippen LogP contribution in [0.3, 0.4) is 0 Å². The van der Waals surface area contributed by atoms with Gasteiger partial charge in [-0.15, -0.1) is 11.3 Å². The van der Waals surface area contributed by atoms with Crippen molar-refractivity contribution in [1.82, 2.24) is 24.5 Å². The fourth-order valence-corrected chi connectivity index (χ4v) is 4.10. The van der Waals surface area contributed by atoms with Crippen LogP contribution >= 0.6 is 11.3 Å². The lowest BCUT2D eigenvalue weighted by Crippen LogP contribution is -2.39. The average Bonchev–Trinajstić information content (AvgIpc) is 3.24. The number of fused-ring (bicyclic) bond motifs is 1. The number of nitrogens with zero attached hydrogens (tertiary/aromatic N) is 5. The van der Waals surface area contributed by atoms with E-state index in [9.17, 15) is 4.79 Å². The Morgan fingerprint density at radius 1 is 1.28 bits per heavy atom. The quantitative estimate of drug-likeness (QED) is 0.725. The minimum absolute atomic E-state index is 0.180. The van der Waals surface area contributed by atoms with Gasteiger partial charge in [0, 0.05) is 41.8 Å². The second-order valence-electron chi connectivity index (χ2n) is 6.61. The summed E-state index contributed by atoms with van der Waals surface area (Å²) in [4.78, 5) is 23.6. The molecule has 0 N–H and O–H groups in total. The third kappa shape index (κ3) is 3.28. The molecule has 0 spiro atoms. The molecular weight excluding hydrogens is 334 g/mol. The van der Waals surface area contributed by atoms with Crippen LogP contribution in [0, 0.1) is 13.8 Å². The van der Waals surface area contributed by atoms with Crippen LogP contribution in [-0.2, 0) is 11.2 Å². The van der Waals surface area contributed by atoms with Crippen molar-refractivity contribution in [2.75, 3.05) is 13.1 Å². The molecule has 0 radical (unpaired) electrons. The fourth-order valence-electron chi connectivity index (χ4n) is 3.48. The van der Waals surface area contributed by atoms with E-state index >= 15 is 0 Å². The summed E-state index contributed by atoms with van der Waals surface area (Å²) in [7, 11) is 0. The summed E-state index contributed by atoms with van der Waals surface area (Å²) in [5.74, 6) is 0.586. The van der Waals surface area contributed by atoms with Gasteiger partial charge in [-0.05, 0) is 32.8 Å². The Bertz CT molecular complexity index is 907. The van der Waals surface area contributed by atoms with Gasteiger partial charge in [0.25, 0.3) is 0 Å². The molecule has 0 aromatic carbocycles. The van der Waals surface area contributed by atoms with Crippen molar-refractivity contribution >= 4 is 22.9 Å². The Morgan fingerprint density at radius 2 is 2.08 bits per heavy atom. The maximum atomic E-state index is 12.5. The van der Waals surface area contributed by atoms with Crippen molar-refractivity contribution in [3.05, 3.63) is 45.8 Å². The number of piperidine rings is 1. The van der Waals surface area contributed by atoms with Gasteiger partial charge in [0.15, 0.2) is 5.65 Å². The van der Waals surface area contributed by atoms with Crippen LogP contribution in [0.2, 0.25) is 0 Å². The molecule has 3 aromatic rings. The van der Waals surface area contributed by atoms with Gasteiger partial charge in [0.05, 0.1) is 23.3 Å². The molecule has 0 saturated carbocycles. The first-order valence-corrected chi connectivity index (χ1v) is 9.48. The summed E-state index contributed by atoms with van der Waals surface area (Å²) in [6, 6.07) is 4.06. The van der Waals surface area contributed by atoms with Crippen LogP contribution in [0.25, 0.3) is 5.65 Å². The third-order valence-corrected chi connectivity index (χ3v) is 5.64. The first-order valence-electron chi connectivity index (χ1n) is 8.60. The van der Waals surface area contributed by atoms with Crippen LogP contribution < -0.4 is 0 Å². The maximum Gasteiger partial charge on any atom is 0.228 e. The monoisotopic (exact) mass is 355 g/mol. The normalized spacial score (nSPS) is 15.8. The van der Waals surface area contributed by atoms with Crippen LogP contribution in [-0.4, -0.2) is 43.5 Å². The van der Waals surface area contributed by atoms with Crippen molar-refractivity contribution < 1.29 is 4.79 Å². The van der Waals surface area contributed by atoms with E-state index in [2.05, 4.69) is 23.1 Å². The second kappa shape index (κ2) is 6.55. The maximum absolute atomic E-state index is 12.5. The highest BCUT2D eigenvalue weighted by atomic mass is 32.1. The van der Waals surface area contributed by atoms with Crippen molar-refractivity contribution in [1.29, 1.82) is 0 Å². The lowest BCUT2D eigenvalue weighted by atomic mass is 9.92. The van der Waals surface area contributed by atoms with Gasteiger partial charge in [-0.1, -0.05) is 0 Å². The van der Waals surface area contributed by atoms with Crippen LogP contribution in [0.15, 0.2) is 23.7 Å². The Balaban J connectivity index is 1.41. The molecule has 0 bridgehead atoms. The number of amides is 1. The first kappa shape index (κ1) is 16.2. The lowest BCUT2D eigenvalue weighted by Gasteiger charge is -2.31. The Morgan fingerprint density at radius 3 is 2.80 bits per heavy atom. The first-order chi connectivity index (χ1) is 12.1. The summed E-state index contributed by atoms with van der Waals surface area (Å²) in [6.07, 6.45) is 4.10. The minimum atomic E-state index is 0.180. The summed E-state index contributed by atoms with van der Waals surface area (Å²) in [6.45, 7) is 5.60. The van der Waals surface area contributed by atoms with Gasteiger partial charge >= 0.3 is 0 Å². The molecule has 4 rings (SSSR count). The molecule has 1 aliphatic rings. The number of carbonyl (C=O) groups is 1. The van der Waals surface area contributed by atoms with Gasteiger partial charge < -0.3 is 4.90 Å². The molecule has 1 amide bonds. The molecule has 0 unspecified atom stereocenters. The van der Waals surface area contributed by atoms with Crippen molar-refractivity contribution in [3.63, 3.8) is 0 Å². The number of likely N-dealkylation sites (tertiary alicyclic amines) is 1. The van der Waals surface area contributed by atoms with E-state index in [1.54, 1.807) is 17.5 Å². The Hall–Kier alpha value is -2.28. The zero-order valence-electron chi connectivity index (χ0n) is 14.5. The number of aromatic nitrogens is 4. The molecule has 25 heavy (non-hydrogen) atoms. The molecule has 0 atom stereocenters. The van der Waals surface area contributed by atoms with Crippen LogP contribution in [0.1, 0.15) is 40.8 Å². The van der Waals surface area contributed by atoms with E-state index in [4.69, 9.17) is 4.98 Å². The number of rotatable bonds is 3. The molecule has 7 heteroatoms. The molecule has 130 valence electrons. The Labute approximate surface area is 150 Å². The van der Waals surface area contributed by atoms with E-state index < -0.39 is 0 Å². The topological polar surface area (TPSA) is 63.4 Å². The molecule has 0 aliphatic carbocycles. The molecule has 1 saturated heterocycles. The lowest BCUT2D eigenvalue weighted by molar-refractivity contribution is -0.131. The van der Waals surface area contributed by atoms with E-state index in [0.29, 0.717) is 12.3 Å². The fraction of sp³-hybridized carbons (Fsp3) is 0.444. The van der Waals surface area contributed by atoms with E-state index in [-0.39, 0.29) is 5.91 Å². The molecule has 3 aromatic heterocycles. The zero-order chi connectivity index (χ0) is 17.4. The van der Waals surface area contributed by atoms with Gasteiger partial charge in [0.2, 0.25) is 5.91 Å². The second-order valence-corrected chi connectivity index (χ2v) is 7.68. The van der Waals surface area contributed by atoms with Gasteiger partial charge in [-0.2, -0.15) is 5.10 Å². The summed E-state index contributed by atoms with van der Waals surface area (Å²) in [5, 5.41) is 7.27. The number of hydrogen-bond donors (Lipinski definition) is 0. The van der Waals surface area contributed by atoms with Gasteiger partial charge in [0.1, 0.15) is 0 Å².